The van der Waals surface area contributed by atoms with Gasteiger partial charge in [0.15, 0.2) is 5.78 Å². The lowest BCUT2D eigenvalue weighted by Gasteiger charge is -2.39. The molecule has 1 saturated carbocycles. The van der Waals surface area contributed by atoms with Crippen LogP contribution in [-0.2, 0) is 14.3 Å². The summed E-state index contributed by atoms with van der Waals surface area (Å²) in [4.78, 5) is 26.1. The average molecular weight is 380 g/mol. The molecule has 0 radical (unpaired) electrons. The smallest absolute Gasteiger partial charge is 0.316 e. The summed E-state index contributed by atoms with van der Waals surface area (Å²) in [5.74, 6) is -0.985. The van der Waals surface area contributed by atoms with E-state index in [2.05, 4.69) is 11.9 Å². The zero-order chi connectivity index (χ0) is 19.7. The van der Waals surface area contributed by atoms with Crippen LogP contribution in [0.2, 0.25) is 0 Å². The fourth-order valence-corrected chi connectivity index (χ4v) is 4.83. The maximum absolute atomic E-state index is 13.3. The lowest BCUT2D eigenvalue weighted by atomic mass is 9.71. The molecule has 2 unspecified atom stereocenters. The van der Waals surface area contributed by atoms with E-state index in [9.17, 15) is 9.59 Å². The third kappa shape index (κ3) is 3.65. The molecular weight excluding hydrogens is 350 g/mol. The summed E-state index contributed by atoms with van der Waals surface area (Å²) in [5, 5.41) is 3.29. The molecule has 0 spiro atoms. The van der Waals surface area contributed by atoms with E-state index in [0.717, 1.165) is 60.9 Å². The molecule has 4 rings (SSSR count). The Morgan fingerprint density at radius 3 is 2.50 bits per heavy atom. The van der Waals surface area contributed by atoms with Crippen LogP contribution in [-0.4, -0.2) is 17.9 Å². The number of benzene rings is 1. The number of carbonyl (C=O) groups is 2. The summed E-state index contributed by atoms with van der Waals surface area (Å²) in [6.45, 7) is 6.20. The van der Waals surface area contributed by atoms with E-state index in [1.165, 1.54) is 6.42 Å². The Bertz CT molecular complexity index is 815. The van der Waals surface area contributed by atoms with Crippen LogP contribution in [0.1, 0.15) is 68.4 Å². The highest BCUT2D eigenvalue weighted by atomic mass is 16.5. The number of allylic oxidation sites excluding steroid dienone is 2. The van der Waals surface area contributed by atoms with Gasteiger partial charge in [-0.3, -0.25) is 9.59 Å². The number of nitrogens with one attached hydrogen (secondary N) is 1. The first-order valence-electron chi connectivity index (χ1n) is 10.5. The van der Waals surface area contributed by atoms with Crippen molar-refractivity contribution >= 4 is 11.8 Å². The second-order valence-corrected chi connectivity index (χ2v) is 8.38. The minimum atomic E-state index is -0.564. The first kappa shape index (κ1) is 19.0. The van der Waals surface area contributed by atoms with E-state index in [-0.39, 0.29) is 23.8 Å². The van der Waals surface area contributed by atoms with E-state index in [1.54, 1.807) is 0 Å². The Morgan fingerprint density at radius 2 is 1.79 bits per heavy atom. The summed E-state index contributed by atoms with van der Waals surface area (Å²) in [7, 11) is 0. The highest BCUT2D eigenvalue weighted by molar-refractivity contribution is 6.00. The van der Waals surface area contributed by atoms with Gasteiger partial charge in [0.05, 0.1) is 0 Å². The average Bonchev–Trinajstić information content (AvgIpc) is 2.68. The number of hydrogen-bond acceptors (Lipinski definition) is 4. The number of aryl methyl sites for hydroxylation is 1. The quantitative estimate of drug-likeness (QED) is 0.774. The molecule has 1 aromatic rings. The van der Waals surface area contributed by atoms with Gasteiger partial charge in [0.2, 0.25) is 0 Å². The van der Waals surface area contributed by atoms with Gasteiger partial charge in [0.25, 0.3) is 0 Å². The molecule has 148 valence electrons. The van der Waals surface area contributed by atoms with Crippen LogP contribution in [0.3, 0.4) is 0 Å². The molecule has 0 saturated heterocycles. The minimum Gasteiger partial charge on any atom is -0.462 e. The molecule has 1 N–H and O–H groups in total. The van der Waals surface area contributed by atoms with Crippen molar-refractivity contribution in [3.63, 3.8) is 0 Å². The summed E-state index contributed by atoms with van der Waals surface area (Å²) >= 11 is 0. The van der Waals surface area contributed by atoms with Crippen molar-refractivity contribution in [3.05, 3.63) is 58.9 Å². The zero-order valence-corrected chi connectivity index (χ0v) is 16.6. The van der Waals surface area contributed by atoms with Crippen LogP contribution >= 0.6 is 0 Å². The SMILES string of the molecule is C=C1NC2=C(C(=O)CCC2)C(c2ccc(C)cc2)C1C(=O)OC1CCCCC1. The molecule has 0 amide bonds. The maximum atomic E-state index is 13.3. The first-order chi connectivity index (χ1) is 13.5. The van der Waals surface area contributed by atoms with E-state index in [4.69, 9.17) is 4.74 Å². The predicted molar refractivity (Wildman–Crippen MR) is 109 cm³/mol. The molecule has 1 aliphatic heterocycles. The van der Waals surface area contributed by atoms with Gasteiger partial charge in [-0.2, -0.15) is 0 Å². The van der Waals surface area contributed by atoms with Crippen LogP contribution in [0.4, 0.5) is 0 Å². The molecule has 1 fully saturated rings. The van der Waals surface area contributed by atoms with Gasteiger partial charge in [0, 0.05) is 29.3 Å². The number of carbonyl (C=O) groups excluding carboxylic acids is 2. The number of esters is 1. The lowest BCUT2D eigenvalue weighted by molar-refractivity contribution is -0.155. The van der Waals surface area contributed by atoms with Crippen molar-refractivity contribution in [1.29, 1.82) is 0 Å². The van der Waals surface area contributed by atoms with Crippen molar-refractivity contribution < 1.29 is 14.3 Å². The number of hydrogen-bond donors (Lipinski definition) is 1. The molecule has 1 aromatic carbocycles. The van der Waals surface area contributed by atoms with Gasteiger partial charge in [0.1, 0.15) is 12.0 Å². The molecule has 2 aliphatic carbocycles. The summed E-state index contributed by atoms with van der Waals surface area (Å²) in [5.41, 5.74) is 4.49. The standard InChI is InChI=1S/C24H29NO3/c1-15-11-13-17(14-12-15)22-21(24(27)28-18-7-4-3-5-8-18)16(2)25-19-9-6-10-20(26)23(19)22/h11-14,18,21-22,25H,2-10H2,1H3. The molecular formula is C24H29NO3. The molecule has 2 atom stereocenters. The van der Waals surface area contributed by atoms with Crippen molar-refractivity contribution in [1.82, 2.24) is 5.32 Å². The Balaban J connectivity index is 1.71. The predicted octanol–water partition coefficient (Wildman–Crippen LogP) is 4.69. The van der Waals surface area contributed by atoms with Gasteiger partial charge < -0.3 is 10.1 Å². The third-order valence-electron chi connectivity index (χ3n) is 6.31. The summed E-state index contributed by atoms with van der Waals surface area (Å²) in [6.07, 6.45) is 7.49. The van der Waals surface area contributed by atoms with E-state index in [1.807, 2.05) is 31.2 Å². The molecule has 0 aromatic heterocycles. The fourth-order valence-electron chi connectivity index (χ4n) is 4.83. The zero-order valence-electron chi connectivity index (χ0n) is 16.6. The normalized spacial score (nSPS) is 25.9. The van der Waals surface area contributed by atoms with Crippen LogP contribution in [0.5, 0.6) is 0 Å². The molecule has 0 bridgehead atoms. The highest BCUT2D eigenvalue weighted by Gasteiger charge is 2.44. The molecule has 3 aliphatic rings. The van der Waals surface area contributed by atoms with E-state index in [0.29, 0.717) is 12.1 Å². The van der Waals surface area contributed by atoms with Crippen molar-refractivity contribution in [3.8, 4) is 0 Å². The van der Waals surface area contributed by atoms with Gasteiger partial charge >= 0.3 is 5.97 Å². The van der Waals surface area contributed by atoms with Gasteiger partial charge in [-0.25, -0.2) is 0 Å². The van der Waals surface area contributed by atoms with Gasteiger partial charge in [-0.1, -0.05) is 42.8 Å². The molecule has 1 heterocycles. The lowest BCUT2D eigenvalue weighted by Crippen LogP contribution is -2.42. The van der Waals surface area contributed by atoms with Crippen molar-refractivity contribution in [2.45, 2.75) is 70.3 Å². The van der Waals surface area contributed by atoms with Crippen LogP contribution in [0.25, 0.3) is 0 Å². The largest absolute Gasteiger partial charge is 0.462 e. The number of rotatable bonds is 3. The molecule has 4 heteroatoms. The second-order valence-electron chi connectivity index (χ2n) is 8.38. The van der Waals surface area contributed by atoms with Gasteiger partial charge in [-0.15, -0.1) is 0 Å². The third-order valence-corrected chi connectivity index (χ3v) is 6.31. The first-order valence-corrected chi connectivity index (χ1v) is 10.5. The topological polar surface area (TPSA) is 55.4 Å². The maximum Gasteiger partial charge on any atom is 0.316 e. The van der Waals surface area contributed by atoms with E-state index >= 15 is 0 Å². The fraction of sp³-hybridized carbons (Fsp3) is 0.500. The van der Waals surface area contributed by atoms with E-state index < -0.39 is 5.92 Å². The Hall–Kier alpha value is -2.36. The number of ketones is 1. The van der Waals surface area contributed by atoms with Crippen molar-refractivity contribution in [2.75, 3.05) is 0 Å². The van der Waals surface area contributed by atoms with Crippen molar-refractivity contribution in [2.24, 2.45) is 5.92 Å². The Morgan fingerprint density at radius 1 is 1.07 bits per heavy atom. The van der Waals surface area contributed by atoms with Crippen LogP contribution in [0.15, 0.2) is 47.8 Å². The Kier molecular flexibility index (Phi) is 5.38. The monoisotopic (exact) mass is 379 g/mol. The summed E-state index contributed by atoms with van der Waals surface area (Å²) < 4.78 is 5.92. The van der Waals surface area contributed by atoms with Gasteiger partial charge in [-0.05, 0) is 51.0 Å². The summed E-state index contributed by atoms with van der Waals surface area (Å²) in [6, 6.07) is 8.15. The highest BCUT2D eigenvalue weighted by Crippen LogP contribution is 2.44. The number of ether oxygens (including phenoxy) is 1. The second kappa shape index (κ2) is 7.94. The molecule has 28 heavy (non-hydrogen) atoms. The van der Waals surface area contributed by atoms with Crippen LogP contribution in [0, 0.1) is 12.8 Å². The Labute approximate surface area is 167 Å². The minimum absolute atomic E-state index is 0.00912. The number of Topliss-reactive ketones (excluding diaryl/α,β-unsaturated/α-hetero) is 1. The van der Waals surface area contributed by atoms with Crippen LogP contribution < -0.4 is 5.32 Å². The molecule has 4 nitrogen and oxygen atoms in total.